The van der Waals surface area contributed by atoms with E-state index in [1.807, 2.05) is 0 Å². The molecule has 2 fully saturated rings. The van der Waals surface area contributed by atoms with Crippen molar-refractivity contribution in [2.24, 2.45) is 16.3 Å². The SMILES string of the molecule is CCNC(=NCC1(C)CCCCC1O)NCCCOCC1CCOCC1.I. The normalized spacial score (nSPS) is 27.1. The highest BCUT2D eigenvalue weighted by molar-refractivity contribution is 14.0. The summed E-state index contributed by atoms with van der Waals surface area (Å²) in [4.78, 5) is 4.73. The van der Waals surface area contributed by atoms with Gasteiger partial charge in [-0.2, -0.15) is 0 Å². The molecule has 0 aromatic carbocycles. The summed E-state index contributed by atoms with van der Waals surface area (Å²) >= 11 is 0. The molecule has 2 aliphatic rings. The third-order valence-corrected chi connectivity index (χ3v) is 5.67. The van der Waals surface area contributed by atoms with Crippen LogP contribution in [0.5, 0.6) is 0 Å². The minimum atomic E-state index is -0.235. The maximum Gasteiger partial charge on any atom is 0.191 e. The van der Waals surface area contributed by atoms with E-state index < -0.39 is 0 Å². The molecule has 0 amide bonds. The van der Waals surface area contributed by atoms with E-state index in [0.29, 0.717) is 12.5 Å². The van der Waals surface area contributed by atoms with Crippen LogP contribution in [0.4, 0.5) is 0 Å². The van der Waals surface area contributed by atoms with Crippen LogP contribution in [0, 0.1) is 11.3 Å². The van der Waals surface area contributed by atoms with Gasteiger partial charge in [0.2, 0.25) is 0 Å². The zero-order chi connectivity index (χ0) is 18.7. The molecule has 160 valence electrons. The van der Waals surface area contributed by atoms with Crippen molar-refractivity contribution in [3.05, 3.63) is 0 Å². The number of aliphatic hydroxyl groups excluding tert-OH is 1. The lowest BCUT2D eigenvalue weighted by Gasteiger charge is -2.37. The van der Waals surface area contributed by atoms with E-state index in [4.69, 9.17) is 14.5 Å². The van der Waals surface area contributed by atoms with Gasteiger partial charge in [-0.25, -0.2) is 0 Å². The highest BCUT2D eigenvalue weighted by atomic mass is 127. The van der Waals surface area contributed by atoms with Crippen molar-refractivity contribution >= 4 is 29.9 Å². The first-order valence-electron chi connectivity index (χ1n) is 10.5. The van der Waals surface area contributed by atoms with E-state index >= 15 is 0 Å². The summed E-state index contributed by atoms with van der Waals surface area (Å²) in [5.74, 6) is 1.51. The summed E-state index contributed by atoms with van der Waals surface area (Å²) in [5.41, 5.74) is -0.0899. The Bertz CT molecular complexity index is 419. The summed E-state index contributed by atoms with van der Waals surface area (Å²) in [7, 11) is 0. The number of aliphatic imine (C=N–C) groups is 1. The summed E-state index contributed by atoms with van der Waals surface area (Å²) in [5, 5.41) is 17.0. The molecule has 0 spiro atoms. The molecule has 3 N–H and O–H groups in total. The van der Waals surface area contributed by atoms with Gasteiger partial charge in [0.25, 0.3) is 0 Å². The molecule has 27 heavy (non-hydrogen) atoms. The number of rotatable bonds is 9. The minimum absolute atomic E-state index is 0. The summed E-state index contributed by atoms with van der Waals surface area (Å²) in [6, 6.07) is 0. The Hall–Kier alpha value is -0.120. The lowest BCUT2D eigenvalue weighted by Crippen LogP contribution is -2.42. The molecule has 0 aromatic rings. The van der Waals surface area contributed by atoms with E-state index in [1.165, 1.54) is 6.42 Å². The van der Waals surface area contributed by atoms with Gasteiger partial charge < -0.3 is 25.2 Å². The number of ether oxygens (including phenoxy) is 2. The van der Waals surface area contributed by atoms with Crippen LogP contribution in [0.3, 0.4) is 0 Å². The molecule has 2 unspecified atom stereocenters. The van der Waals surface area contributed by atoms with Crippen molar-refractivity contribution in [2.45, 2.75) is 64.9 Å². The highest BCUT2D eigenvalue weighted by Gasteiger charge is 2.35. The molecule has 2 rings (SSSR count). The lowest BCUT2D eigenvalue weighted by molar-refractivity contribution is 0.00715. The first kappa shape index (κ1) is 24.9. The predicted molar refractivity (Wildman–Crippen MR) is 121 cm³/mol. The van der Waals surface area contributed by atoms with E-state index in [9.17, 15) is 5.11 Å². The maximum absolute atomic E-state index is 10.3. The molecule has 1 heterocycles. The van der Waals surface area contributed by atoms with Crippen molar-refractivity contribution in [3.63, 3.8) is 0 Å². The molecule has 1 saturated carbocycles. The van der Waals surface area contributed by atoms with Crippen molar-refractivity contribution in [1.82, 2.24) is 10.6 Å². The average molecular weight is 497 g/mol. The summed E-state index contributed by atoms with van der Waals surface area (Å²) < 4.78 is 11.2. The molecule has 1 aliphatic carbocycles. The largest absolute Gasteiger partial charge is 0.392 e. The maximum atomic E-state index is 10.3. The van der Waals surface area contributed by atoms with Gasteiger partial charge in [0, 0.05) is 44.9 Å². The van der Waals surface area contributed by atoms with E-state index in [2.05, 4.69) is 24.5 Å². The molecule has 1 aliphatic heterocycles. The quantitative estimate of drug-likeness (QED) is 0.198. The molecule has 0 radical (unpaired) electrons. The second kappa shape index (κ2) is 14.0. The van der Waals surface area contributed by atoms with Crippen molar-refractivity contribution in [1.29, 1.82) is 0 Å². The van der Waals surface area contributed by atoms with Gasteiger partial charge in [-0.3, -0.25) is 4.99 Å². The number of guanidine groups is 1. The van der Waals surface area contributed by atoms with Gasteiger partial charge >= 0.3 is 0 Å². The first-order valence-corrected chi connectivity index (χ1v) is 10.5. The Labute approximate surface area is 182 Å². The molecule has 2 atom stereocenters. The van der Waals surface area contributed by atoms with Crippen LogP contribution in [0.15, 0.2) is 4.99 Å². The third kappa shape index (κ3) is 9.28. The molecule has 0 bridgehead atoms. The molecule has 1 saturated heterocycles. The molecule has 0 aromatic heterocycles. The predicted octanol–water partition coefficient (Wildman–Crippen LogP) is 2.93. The number of nitrogens with zero attached hydrogens (tertiary/aromatic N) is 1. The fourth-order valence-electron chi connectivity index (χ4n) is 3.71. The van der Waals surface area contributed by atoms with Crippen LogP contribution >= 0.6 is 24.0 Å². The number of halogens is 1. The number of hydrogen-bond donors (Lipinski definition) is 3. The van der Waals surface area contributed by atoms with Crippen molar-refractivity contribution < 1.29 is 14.6 Å². The standard InChI is InChI=1S/C20H39N3O3.HI/c1-3-21-19(23-16-20(2)10-5-4-7-18(20)24)22-11-6-12-26-15-17-8-13-25-14-9-17;/h17-18,24H,3-16H2,1-2H3,(H2,21,22,23);1H. The number of aliphatic hydroxyl groups is 1. The Morgan fingerprint density at radius 1 is 1.22 bits per heavy atom. The first-order chi connectivity index (χ1) is 12.6. The van der Waals surface area contributed by atoms with Gasteiger partial charge in [-0.15, -0.1) is 24.0 Å². The third-order valence-electron chi connectivity index (χ3n) is 5.67. The Morgan fingerprint density at radius 2 is 2.00 bits per heavy atom. The minimum Gasteiger partial charge on any atom is -0.392 e. The topological polar surface area (TPSA) is 75.1 Å². The molecular formula is C20H40IN3O3. The number of hydrogen-bond acceptors (Lipinski definition) is 4. The number of nitrogens with one attached hydrogen (secondary N) is 2. The van der Waals surface area contributed by atoms with E-state index in [-0.39, 0.29) is 35.5 Å². The van der Waals surface area contributed by atoms with Crippen molar-refractivity contribution in [3.8, 4) is 0 Å². The Kier molecular flexibility index (Phi) is 12.9. The van der Waals surface area contributed by atoms with Crippen molar-refractivity contribution in [2.75, 3.05) is 46.1 Å². The van der Waals surface area contributed by atoms with E-state index in [0.717, 1.165) is 84.0 Å². The van der Waals surface area contributed by atoms with Gasteiger partial charge in [0.05, 0.1) is 12.6 Å². The van der Waals surface area contributed by atoms with E-state index in [1.54, 1.807) is 0 Å². The zero-order valence-electron chi connectivity index (χ0n) is 17.2. The molecular weight excluding hydrogens is 457 g/mol. The second-order valence-electron chi connectivity index (χ2n) is 8.02. The molecule has 7 heteroatoms. The van der Waals surface area contributed by atoms with Gasteiger partial charge in [0.15, 0.2) is 5.96 Å². The van der Waals surface area contributed by atoms with Crippen LogP contribution in [-0.4, -0.2) is 63.2 Å². The fraction of sp³-hybridized carbons (Fsp3) is 0.950. The molecule has 6 nitrogen and oxygen atoms in total. The average Bonchev–Trinajstić information content (AvgIpc) is 2.66. The monoisotopic (exact) mass is 497 g/mol. The van der Waals surface area contributed by atoms with Gasteiger partial charge in [-0.1, -0.05) is 19.8 Å². The Morgan fingerprint density at radius 3 is 2.70 bits per heavy atom. The fourth-order valence-corrected chi connectivity index (χ4v) is 3.71. The van der Waals surface area contributed by atoms with Gasteiger partial charge in [0.1, 0.15) is 0 Å². The van der Waals surface area contributed by atoms with Crippen LogP contribution in [0.25, 0.3) is 0 Å². The van der Waals surface area contributed by atoms with Gasteiger partial charge in [-0.05, 0) is 44.9 Å². The Balaban J connectivity index is 0.00000364. The van der Waals surface area contributed by atoms with Crippen LogP contribution in [-0.2, 0) is 9.47 Å². The van der Waals surface area contributed by atoms with Crippen LogP contribution in [0.2, 0.25) is 0 Å². The summed E-state index contributed by atoms with van der Waals surface area (Å²) in [6.07, 6.45) is 7.26. The van der Waals surface area contributed by atoms with Crippen LogP contribution in [0.1, 0.15) is 58.8 Å². The second-order valence-corrected chi connectivity index (χ2v) is 8.02. The zero-order valence-corrected chi connectivity index (χ0v) is 19.5. The highest BCUT2D eigenvalue weighted by Crippen LogP contribution is 2.36. The van der Waals surface area contributed by atoms with Crippen LogP contribution < -0.4 is 10.6 Å². The smallest absolute Gasteiger partial charge is 0.191 e. The summed E-state index contributed by atoms with van der Waals surface area (Å²) in [6.45, 7) is 9.98. The lowest BCUT2D eigenvalue weighted by atomic mass is 9.73.